The number of guanidine groups is 1. The maximum Gasteiger partial charge on any atom is 0.193 e. The Kier molecular flexibility index (Phi) is 7.81. The van der Waals surface area contributed by atoms with Gasteiger partial charge < -0.3 is 14.7 Å². The molecule has 0 amide bonds. The number of nitrogens with zero attached hydrogens (tertiary/aromatic N) is 4. The first kappa shape index (κ1) is 22.4. The quantitative estimate of drug-likeness (QED) is 0.363. The van der Waals surface area contributed by atoms with Crippen LogP contribution in [0.5, 0.6) is 0 Å². The van der Waals surface area contributed by atoms with Crippen LogP contribution in [-0.4, -0.2) is 60.7 Å². The molecular formula is C21H29ClIN5O. The number of aliphatic imine (C=N–C) groups is 1. The van der Waals surface area contributed by atoms with Crippen LogP contribution < -0.4 is 5.32 Å². The molecule has 1 saturated carbocycles. The van der Waals surface area contributed by atoms with E-state index in [2.05, 4.69) is 37.4 Å². The van der Waals surface area contributed by atoms with Crippen LogP contribution in [0.15, 0.2) is 46.1 Å². The molecule has 1 aliphatic heterocycles. The minimum atomic E-state index is 0. The van der Waals surface area contributed by atoms with E-state index in [-0.39, 0.29) is 29.4 Å². The van der Waals surface area contributed by atoms with Crippen molar-refractivity contribution in [3.05, 3.63) is 52.9 Å². The molecule has 1 N–H and O–H groups in total. The second kappa shape index (κ2) is 10.1. The largest absolute Gasteiger partial charge is 0.364 e. The smallest absolute Gasteiger partial charge is 0.193 e. The molecule has 4 rings (SSSR count). The number of hydrogen-bond donors (Lipinski definition) is 1. The van der Waals surface area contributed by atoms with Crippen LogP contribution in [-0.2, 0) is 12.0 Å². The van der Waals surface area contributed by atoms with Gasteiger partial charge in [-0.05, 0) is 30.5 Å². The summed E-state index contributed by atoms with van der Waals surface area (Å²) in [5, 5.41) is 8.46. The van der Waals surface area contributed by atoms with Crippen LogP contribution in [0.25, 0.3) is 0 Å². The highest BCUT2D eigenvalue weighted by atomic mass is 127. The van der Waals surface area contributed by atoms with Crippen molar-refractivity contribution in [3.8, 4) is 0 Å². The summed E-state index contributed by atoms with van der Waals surface area (Å²) in [7, 11) is 1.87. The summed E-state index contributed by atoms with van der Waals surface area (Å²) in [4.78, 5) is 9.31. The molecular weight excluding hydrogens is 501 g/mol. The fourth-order valence-electron chi connectivity index (χ4n) is 4.22. The van der Waals surface area contributed by atoms with Crippen molar-refractivity contribution in [2.45, 2.75) is 31.2 Å². The number of hydrogen-bond acceptors (Lipinski definition) is 4. The lowest BCUT2D eigenvalue weighted by Crippen LogP contribution is -2.55. The SMILES string of the molecule is CN=C(NCC1(c2ccc(Cl)cc2)CCC1)N1CCN(Cc2ccon2)CC1.I. The number of benzene rings is 1. The van der Waals surface area contributed by atoms with Crippen molar-refractivity contribution in [1.82, 2.24) is 20.3 Å². The molecule has 2 heterocycles. The third-order valence-electron chi connectivity index (χ3n) is 6.11. The molecule has 0 spiro atoms. The van der Waals surface area contributed by atoms with Crippen LogP contribution in [0.1, 0.15) is 30.5 Å². The molecule has 0 unspecified atom stereocenters. The third-order valence-corrected chi connectivity index (χ3v) is 6.36. The van der Waals surface area contributed by atoms with Gasteiger partial charge in [0, 0.05) is 62.8 Å². The Bertz CT molecular complexity index is 784. The summed E-state index contributed by atoms with van der Waals surface area (Å²) in [5.74, 6) is 1.00. The maximum absolute atomic E-state index is 6.08. The Labute approximate surface area is 194 Å². The van der Waals surface area contributed by atoms with E-state index in [1.807, 2.05) is 25.2 Å². The summed E-state index contributed by atoms with van der Waals surface area (Å²) in [6, 6.07) is 10.3. The van der Waals surface area contributed by atoms with Gasteiger partial charge in [-0.2, -0.15) is 0 Å². The van der Waals surface area contributed by atoms with Gasteiger partial charge in [0.1, 0.15) is 6.26 Å². The Hall–Kier alpha value is -1.32. The summed E-state index contributed by atoms with van der Waals surface area (Å²) in [5.41, 5.74) is 2.57. The molecule has 1 aliphatic carbocycles. The zero-order valence-electron chi connectivity index (χ0n) is 16.8. The molecule has 2 fully saturated rings. The van der Waals surface area contributed by atoms with Crippen molar-refractivity contribution in [2.24, 2.45) is 4.99 Å². The van der Waals surface area contributed by atoms with Gasteiger partial charge in [0.2, 0.25) is 0 Å². The first-order valence-electron chi connectivity index (χ1n) is 10.0. The molecule has 1 aromatic heterocycles. The van der Waals surface area contributed by atoms with E-state index in [0.717, 1.165) is 55.9 Å². The molecule has 2 aromatic rings. The number of aromatic nitrogens is 1. The molecule has 0 radical (unpaired) electrons. The fourth-order valence-corrected chi connectivity index (χ4v) is 4.35. The summed E-state index contributed by atoms with van der Waals surface area (Å²) < 4.78 is 4.93. The molecule has 2 aliphatic rings. The van der Waals surface area contributed by atoms with Crippen LogP contribution in [0.4, 0.5) is 0 Å². The Morgan fingerprint density at radius 1 is 1.17 bits per heavy atom. The summed E-state index contributed by atoms with van der Waals surface area (Å²) in [6.07, 6.45) is 5.34. The number of piperazine rings is 1. The average Bonchev–Trinajstić information content (AvgIpc) is 3.19. The van der Waals surface area contributed by atoms with E-state index in [1.54, 1.807) is 6.26 Å². The van der Waals surface area contributed by atoms with Crippen molar-refractivity contribution in [3.63, 3.8) is 0 Å². The van der Waals surface area contributed by atoms with E-state index in [0.29, 0.717) is 0 Å². The van der Waals surface area contributed by atoms with Crippen LogP contribution in [0.3, 0.4) is 0 Å². The fraction of sp³-hybridized carbons (Fsp3) is 0.524. The van der Waals surface area contributed by atoms with Gasteiger partial charge >= 0.3 is 0 Å². The minimum Gasteiger partial charge on any atom is -0.364 e. The number of rotatable bonds is 5. The topological polar surface area (TPSA) is 56.9 Å². The molecule has 8 heteroatoms. The second-order valence-corrected chi connectivity index (χ2v) is 8.23. The van der Waals surface area contributed by atoms with E-state index >= 15 is 0 Å². The second-order valence-electron chi connectivity index (χ2n) is 7.80. The lowest BCUT2D eigenvalue weighted by atomic mass is 9.64. The van der Waals surface area contributed by atoms with Gasteiger partial charge in [-0.15, -0.1) is 24.0 Å². The third kappa shape index (κ3) is 5.24. The highest BCUT2D eigenvalue weighted by molar-refractivity contribution is 14.0. The molecule has 158 valence electrons. The summed E-state index contributed by atoms with van der Waals surface area (Å²) in [6.45, 7) is 5.68. The van der Waals surface area contributed by atoms with Crippen LogP contribution in [0.2, 0.25) is 5.02 Å². The highest BCUT2D eigenvalue weighted by Crippen LogP contribution is 2.43. The summed E-state index contributed by atoms with van der Waals surface area (Å²) >= 11 is 6.08. The highest BCUT2D eigenvalue weighted by Gasteiger charge is 2.39. The molecule has 6 nitrogen and oxygen atoms in total. The predicted octanol–water partition coefficient (Wildman–Crippen LogP) is 3.76. The van der Waals surface area contributed by atoms with Gasteiger partial charge in [0.05, 0.1) is 5.69 Å². The van der Waals surface area contributed by atoms with Crippen molar-refractivity contribution in [2.75, 3.05) is 39.8 Å². The van der Waals surface area contributed by atoms with Gasteiger partial charge in [-0.1, -0.05) is 35.3 Å². The van der Waals surface area contributed by atoms with Gasteiger partial charge in [0.25, 0.3) is 0 Å². The standard InChI is InChI=1S/C21H28ClN5O.HI/c1-23-20(27-12-10-26(11-13-27)15-19-7-14-28-25-19)24-16-21(8-2-9-21)17-3-5-18(22)6-4-17;/h3-7,14H,2,8-13,15-16H2,1H3,(H,23,24);1H. The molecule has 0 bridgehead atoms. The number of halogens is 2. The van der Waals surface area contributed by atoms with E-state index in [9.17, 15) is 0 Å². The van der Waals surface area contributed by atoms with Crippen molar-refractivity contribution < 1.29 is 4.52 Å². The first-order chi connectivity index (χ1) is 13.7. The molecule has 29 heavy (non-hydrogen) atoms. The average molecular weight is 530 g/mol. The normalized spacial score (nSPS) is 19.4. The minimum absolute atomic E-state index is 0. The van der Waals surface area contributed by atoms with Crippen LogP contribution >= 0.6 is 35.6 Å². The monoisotopic (exact) mass is 529 g/mol. The maximum atomic E-state index is 6.08. The predicted molar refractivity (Wildman–Crippen MR) is 127 cm³/mol. The Morgan fingerprint density at radius 2 is 1.90 bits per heavy atom. The number of nitrogens with one attached hydrogen (secondary N) is 1. The lowest BCUT2D eigenvalue weighted by molar-refractivity contribution is 0.167. The van der Waals surface area contributed by atoms with Gasteiger partial charge in [-0.3, -0.25) is 9.89 Å². The van der Waals surface area contributed by atoms with Crippen LogP contribution in [0, 0.1) is 0 Å². The molecule has 1 aromatic carbocycles. The van der Waals surface area contributed by atoms with Gasteiger partial charge in [-0.25, -0.2) is 0 Å². The van der Waals surface area contributed by atoms with Gasteiger partial charge in [0.15, 0.2) is 5.96 Å². The molecule has 0 atom stereocenters. The van der Waals surface area contributed by atoms with E-state index < -0.39 is 0 Å². The zero-order valence-corrected chi connectivity index (χ0v) is 19.9. The Balaban J connectivity index is 0.00000240. The Morgan fingerprint density at radius 3 is 2.45 bits per heavy atom. The van der Waals surface area contributed by atoms with E-state index in [1.165, 1.54) is 24.8 Å². The van der Waals surface area contributed by atoms with Crippen molar-refractivity contribution >= 4 is 41.5 Å². The van der Waals surface area contributed by atoms with Crippen molar-refractivity contribution in [1.29, 1.82) is 0 Å². The first-order valence-corrected chi connectivity index (χ1v) is 10.4. The lowest BCUT2D eigenvalue weighted by Gasteiger charge is -2.44. The zero-order chi connectivity index (χ0) is 19.4. The molecule has 1 saturated heterocycles. The van der Waals surface area contributed by atoms with E-state index in [4.69, 9.17) is 16.1 Å².